The molecule has 0 unspecified atom stereocenters. The Labute approximate surface area is 144 Å². The third-order valence-corrected chi connectivity index (χ3v) is 4.01. The van der Waals surface area contributed by atoms with E-state index in [0.29, 0.717) is 34.5 Å². The van der Waals surface area contributed by atoms with Crippen molar-refractivity contribution in [2.75, 3.05) is 12.4 Å². The molecule has 1 aromatic heterocycles. The van der Waals surface area contributed by atoms with Crippen LogP contribution in [-0.2, 0) is 6.54 Å². The number of hydrogen-bond donors (Lipinski definition) is 2. The lowest BCUT2D eigenvalue weighted by atomic mass is 10.1. The Kier molecular flexibility index (Phi) is 4.54. The zero-order chi connectivity index (χ0) is 18.0. The molecule has 6 heteroatoms. The van der Waals surface area contributed by atoms with Crippen LogP contribution in [0.3, 0.4) is 0 Å². The second kappa shape index (κ2) is 6.78. The summed E-state index contributed by atoms with van der Waals surface area (Å²) >= 11 is 0. The molecule has 3 N–H and O–H groups in total. The Bertz CT molecular complexity index is 991. The molecular weight excluding hydrogens is 320 g/mol. The van der Waals surface area contributed by atoms with Gasteiger partial charge in [0, 0.05) is 23.2 Å². The van der Waals surface area contributed by atoms with E-state index in [2.05, 4.69) is 5.32 Å². The Morgan fingerprint density at radius 1 is 1.20 bits per heavy atom. The molecule has 25 heavy (non-hydrogen) atoms. The Hall–Kier alpha value is -3.12. The molecule has 3 rings (SSSR count). The fourth-order valence-electron chi connectivity index (χ4n) is 2.61. The number of carbonyl (C=O) groups is 1. The van der Waals surface area contributed by atoms with Crippen molar-refractivity contribution in [2.45, 2.75) is 13.5 Å². The molecule has 0 bridgehead atoms. The van der Waals surface area contributed by atoms with Crippen molar-refractivity contribution < 1.29 is 13.9 Å². The summed E-state index contributed by atoms with van der Waals surface area (Å²) in [5.74, 6) is 0.0949. The van der Waals surface area contributed by atoms with Crippen LogP contribution in [-0.4, -0.2) is 13.0 Å². The van der Waals surface area contributed by atoms with E-state index in [1.165, 1.54) is 6.07 Å². The number of ether oxygens (including phenoxy) is 1. The maximum Gasteiger partial charge on any atom is 0.349 e. The molecule has 1 amide bonds. The number of rotatable bonds is 4. The molecular formula is C19H18N2O4. The van der Waals surface area contributed by atoms with Crippen LogP contribution in [0, 0.1) is 6.92 Å². The van der Waals surface area contributed by atoms with Crippen LogP contribution in [0.4, 0.5) is 5.69 Å². The number of amides is 1. The standard InChI is InChI=1S/C19H18N2O4/c1-11-16(24-2)8-5-13-9-15(19(23)25-17(11)13)18(22)21-14-6-3-12(10-20)4-7-14/h3-9H,10,20H2,1-2H3,(H,21,22). The number of methoxy groups -OCH3 is 1. The maximum absolute atomic E-state index is 12.4. The summed E-state index contributed by atoms with van der Waals surface area (Å²) < 4.78 is 10.6. The third-order valence-electron chi connectivity index (χ3n) is 4.01. The van der Waals surface area contributed by atoms with Gasteiger partial charge in [0.05, 0.1) is 7.11 Å². The lowest BCUT2D eigenvalue weighted by molar-refractivity contribution is 0.102. The summed E-state index contributed by atoms with van der Waals surface area (Å²) in [6, 6.07) is 12.1. The Morgan fingerprint density at radius 3 is 2.56 bits per heavy atom. The van der Waals surface area contributed by atoms with Gasteiger partial charge >= 0.3 is 5.63 Å². The van der Waals surface area contributed by atoms with Gasteiger partial charge < -0.3 is 20.2 Å². The van der Waals surface area contributed by atoms with E-state index in [0.717, 1.165) is 5.56 Å². The van der Waals surface area contributed by atoms with Gasteiger partial charge in [0.25, 0.3) is 5.91 Å². The average molecular weight is 338 g/mol. The molecule has 0 spiro atoms. The second-order valence-corrected chi connectivity index (χ2v) is 5.61. The van der Waals surface area contributed by atoms with Crippen LogP contribution in [0.2, 0.25) is 0 Å². The van der Waals surface area contributed by atoms with Gasteiger partial charge in [0.15, 0.2) is 0 Å². The molecule has 0 aliphatic carbocycles. The third kappa shape index (κ3) is 3.25. The predicted octanol–water partition coefficient (Wildman–Crippen LogP) is 2.82. The molecule has 0 aliphatic rings. The first kappa shape index (κ1) is 16.7. The van der Waals surface area contributed by atoms with Crippen molar-refractivity contribution in [1.82, 2.24) is 0 Å². The van der Waals surface area contributed by atoms with E-state index in [-0.39, 0.29) is 5.56 Å². The minimum atomic E-state index is -0.695. The Morgan fingerprint density at radius 2 is 1.92 bits per heavy atom. The summed E-state index contributed by atoms with van der Waals surface area (Å²) in [7, 11) is 1.55. The van der Waals surface area contributed by atoms with Crippen LogP contribution in [0.15, 0.2) is 51.7 Å². The first-order valence-corrected chi connectivity index (χ1v) is 7.75. The van der Waals surface area contributed by atoms with E-state index < -0.39 is 11.5 Å². The van der Waals surface area contributed by atoms with Crippen LogP contribution in [0.5, 0.6) is 5.75 Å². The van der Waals surface area contributed by atoms with Gasteiger partial charge in [-0.1, -0.05) is 12.1 Å². The van der Waals surface area contributed by atoms with Gasteiger partial charge in [-0.15, -0.1) is 0 Å². The van der Waals surface area contributed by atoms with Gasteiger partial charge in [-0.05, 0) is 42.8 Å². The SMILES string of the molecule is COc1ccc2cc(C(=O)Nc3ccc(CN)cc3)c(=O)oc2c1C. The van der Waals surface area contributed by atoms with E-state index in [1.807, 2.05) is 12.1 Å². The normalized spacial score (nSPS) is 10.7. The summed E-state index contributed by atoms with van der Waals surface area (Å²) in [5.41, 5.74) is 7.45. The van der Waals surface area contributed by atoms with Crippen molar-refractivity contribution >= 4 is 22.6 Å². The van der Waals surface area contributed by atoms with Crippen molar-refractivity contribution in [2.24, 2.45) is 5.73 Å². The zero-order valence-corrected chi connectivity index (χ0v) is 14.0. The molecule has 2 aromatic carbocycles. The smallest absolute Gasteiger partial charge is 0.349 e. The van der Waals surface area contributed by atoms with Crippen molar-refractivity contribution in [3.8, 4) is 5.75 Å². The van der Waals surface area contributed by atoms with Crippen molar-refractivity contribution in [3.63, 3.8) is 0 Å². The van der Waals surface area contributed by atoms with Crippen LogP contribution in [0.1, 0.15) is 21.5 Å². The first-order chi connectivity index (χ1) is 12.0. The monoisotopic (exact) mass is 338 g/mol. The molecule has 0 saturated carbocycles. The molecule has 0 fully saturated rings. The largest absolute Gasteiger partial charge is 0.496 e. The topological polar surface area (TPSA) is 94.6 Å². The number of anilines is 1. The summed E-state index contributed by atoms with van der Waals surface area (Å²) in [6.07, 6.45) is 0. The van der Waals surface area contributed by atoms with Gasteiger partial charge in [-0.2, -0.15) is 0 Å². The van der Waals surface area contributed by atoms with Crippen LogP contribution in [0.25, 0.3) is 11.0 Å². The maximum atomic E-state index is 12.4. The number of carbonyl (C=O) groups excluding carboxylic acids is 1. The molecule has 0 atom stereocenters. The van der Waals surface area contributed by atoms with Crippen LogP contribution < -0.4 is 21.4 Å². The minimum absolute atomic E-state index is 0.0556. The average Bonchev–Trinajstić information content (AvgIpc) is 2.62. The lowest BCUT2D eigenvalue weighted by Crippen LogP contribution is -2.20. The highest BCUT2D eigenvalue weighted by molar-refractivity contribution is 6.05. The van der Waals surface area contributed by atoms with Crippen molar-refractivity contribution in [3.05, 3.63) is 69.6 Å². The fraction of sp³-hybridized carbons (Fsp3) is 0.158. The number of nitrogens with one attached hydrogen (secondary N) is 1. The molecule has 3 aromatic rings. The molecule has 0 saturated heterocycles. The van der Waals surface area contributed by atoms with Crippen molar-refractivity contribution in [1.29, 1.82) is 0 Å². The second-order valence-electron chi connectivity index (χ2n) is 5.61. The molecule has 0 aliphatic heterocycles. The highest BCUT2D eigenvalue weighted by Crippen LogP contribution is 2.26. The minimum Gasteiger partial charge on any atom is -0.496 e. The molecule has 6 nitrogen and oxygen atoms in total. The van der Waals surface area contributed by atoms with Gasteiger partial charge in [0.2, 0.25) is 0 Å². The number of benzene rings is 2. The number of nitrogens with two attached hydrogens (primary N) is 1. The van der Waals surface area contributed by atoms with Gasteiger partial charge in [-0.3, -0.25) is 4.79 Å². The zero-order valence-electron chi connectivity index (χ0n) is 14.0. The first-order valence-electron chi connectivity index (χ1n) is 7.75. The summed E-state index contributed by atoms with van der Waals surface area (Å²) in [5, 5.41) is 3.34. The number of fused-ring (bicyclic) bond motifs is 1. The Balaban J connectivity index is 1.95. The van der Waals surface area contributed by atoms with E-state index in [9.17, 15) is 9.59 Å². The summed E-state index contributed by atoms with van der Waals surface area (Å²) in [4.78, 5) is 24.7. The molecule has 1 heterocycles. The highest BCUT2D eigenvalue weighted by Gasteiger charge is 2.16. The fourth-order valence-corrected chi connectivity index (χ4v) is 2.61. The number of aryl methyl sites for hydroxylation is 1. The quantitative estimate of drug-likeness (QED) is 0.713. The molecule has 0 radical (unpaired) electrons. The lowest BCUT2D eigenvalue weighted by Gasteiger charge is -2.09. The predicted molar refractivity (Wildman–Crippen MR) is 96.1 cm³/mol. The van der Waals surface area contributed by atoms with Gasteiger partial charge in [-0.25, -0.2) is 4.79 Å². The van der Waals surface area contributed by atoms with Crippen LogP contribution >= 0.6 is 0 Å². The van der Waals surface area contributed by atoms with E-state index >= 15 is 0 Å². The molecule has 128 valence electrons. The van der Waals surface area contributed by atoms with E-state index in [4.69, 9.17) is 14.9 Å². The highest BCUT2D eigenvalue weighted by atomic mass is 16.5. The number of hydrogen-bond acceptors (Lipinski definition) is 5. The summed E-state index contributed by atoms with van der Waals surface area (Å²) in [6.45, 7) is 2.22. The van der Waals surface area contributed by atoms with E-state index in [1.54, 1.807) is 38.3 Å². The van der Waals surface area contributed by atoms with Gasteiger partial charge in [0.1, 0.15) is 16.9 Å².